The molecule has 1 rings (SSSR count). The molecule has 0 radical (unpaired) electrons. The molecule has 0 aliphatic carbocycles. The minimum absolute atomic E-state index is 0.0617. The topological polar surface area (TPSA) is 52.3 Å². The highest BCUT2D eigenvalue weighted by Crippen LogP contribution is 2.17. The lowest BCUT2D eigenvalue weighted by Crippen LogP contribution is -2.10. The number of nitrogens with two attached hydrogens (primary N) is 1. The second kappa shape index (κ2) is 6.28. The van der Waals surface area contributed by atoms with Crippen LogP contribution in [0.3, 0.4) is 0 Å². The standard InChI is InChI=1S/C13H19NO2/c1-3-4-5-12(14)10-6-8-11(9-7-10)13(15)16-2/h6-9,12H,3-5,14H2,1-2H3. The monoisotopic (exact) mass is 221 g/mol. The number of unbranched alkanes of at least 4 members (excludes halogenated alkanes) is 1. The lowest BCUT2D eigenvalue weighted by Gasteiger charge is -2.11. The second-order valence-electron chi connectivity index (χ2n) is 3.86. The van der Waals surface area contributed by atoms with Crippen molar-refractivity contribution in [2.75, 3.05) is 7.11 Å². The summed E-state index contributed by atoms with van der Waals surface area (Å²) in [4.78, 5) is 11.2. The van der Waals surface area contributed by atoms with Crippen molar-refractivity contribution in [3.8, 4) is 0 Å². The Kier molecular flexibility index (Phi) is 4.99. The van der Waals surface area contributed by atoms with Gasteiger partial charge in [0.2, 0.25) is 0 Å². The average Bonchev–Trinajstić information content (AvgIpc) is 2.35. The van der Waals surface area contributed by atoms with Crippen LogP contribution in [0.25, 0.3) is 0 Å². The van der Waals surface area contributed by atoms with Gasteiger partial charge >= 0.3 is 5.97 Å². The van der Waals surface area contributed by atoms with Crippen LogP contribution in [-0.2, 0) is 4.74 Å². The first-order valence-electron chi connectivity index (χ1n) is 5.63. The third-order valence-electron chi connectivity index (χ3n) is 2.63. The summed E-state index contributed by atoms with van der Waals surface area (Å²) in [5.74, 6) is -0.311. The molecule has 1 unspecified atom stereocenters. The summed E-state index contributed by atoms with van der Waals surface area (Å²) in [6, 6.07) is 7.37. The summed E-state index contributed by atoms with van der Waals surface area (Å²) in [5, 5.41) is 0. The molecule has 0 aliphatic heterocycles. The van der Waals surface area contributed by atoms with E-state index in [1.165, 1.54) is 7.11 Å². The molecule has 0 amide bonds. The first-order chi connectivity index (χ1) is 7.69. The van der Waals surface area contributed by atoms with E-state index < -0.39 is 0 Å². The predicted octanol–water partition coefficient (Wildman–Crippen LogP) is 2.66. The Morgan fingerprint density at radius 1 is 1.38 bits per heavy atom. The summed E-state index contributed by atoms with van der Waals surface area (Å²) in [6.45, 7) is 2.15. The van der Waals surface area contributed by atoms with Gasteiger partial charge < -0.3 is 10.5 Å². The molecule has 16 heavy (non-hydrogen) atoms. The van der Waals surface area contributed by atoms with Crippen LogP contribution in [0.1, 0.15) is 48.1 Å². The normalized spacial score (nSPS) is 12.2. The molecule has 1 aromatic carbocycles. The van der Waals surface area contributed by atoms with Crippen LogP contribution in [-0.4, -0.2) is 13.1 Å². The lowest BCUT2D eigenvalue weighted by atomic mass is 10.0. The van der Waals surface area contributed by atoms with Crippen LogP contribution >= 0.6 is 0 Å². The summed E-state index contributed by atoms with van der Waals surface area (Å²) >= 11 is 0. The van der Waals surface area contributed by atoms with Crippen molar-refractivity contribution in [3.05, 3.63) is 35.4 Å². The van der Waals surface area contributed by atoms with Gasteiger partial charge in [0, 0.05) is 6.04 Å². The highest BCUT2D eigenvalue weighted by molar-refractivity contribution is 5.89. The Morgan fingerprint density at radius 3 is 2.50 bits per heavy atom. The molecule has 0 spiro atoms. The highest BCUT2D eigenvalue weighted by atomic mass is 16.5. The fourth-order valence-corrected chi connectivity index (χ4v) is 1.57. The van der Waals surface area contributed by atoms with Gasteiger partial charge in [-0.3, -0.25) is 0 Å². The maximum absolute atomic E-state index is 11.2. The van der Waals surface area contributed by atoms with E-state index in [-0.39, 0.29) is 12.0 Å². The molecule has 0 heterocycles. The van der Waals surface area contributed by atoms with Crippen LogP contribution < -0.4 is 5.73 Å². The molecular weight excluding hydrogens is 202 g/mol. The number of ether oxygens (including phenoxy) is 1. The molecule has 0 saturated carbocycles. The third kappa shape index (κ3) is 3.35. The van der Waals surface area contributed by atoms with Crippen LogP contribution in [0.5, 0.6) is 0 Å². The van der Waals surface area contributed by atoms with Gasteiger partial charge in [-0.15, -0.1) is 0 Å². The fraction of sp³-hybridized carbons (Fsp3) is 0.462. The molecule has 1 atom stereocenters. The largest absolute Gasteiger partial charge is 0.465 e. The lowest BCUT2D eigenvalue weighted by molar-refractivity contribution is 0.0600. The molecule has 0 saturated heterocycles. The first kappa shape index (κ1) is 12.7. The number of methoxy groups -OCH3 is 1. The van der Waals surface area contributed by atoms with Gasteiger partial charge in [-0.1, -0.05) is 31.9 Å². The average molecular weight is 221 g/mol. The summed E-state index contributed by atoms with van der Waals surface area (Å²) in [6.07, 6.45) is 3.25. The van der Waals surface area contributed by atoms with Gasteiger partial charge in [0.1, 0.15) is 0 Å². The molecule has 88 valence electrons. The van der Waals surface area contributed by atoms with Gasteiger partial charge in [-0.2, -0.15) is 0 Å². The Labute approximate surface area is 96.6 Å². The van der Waals surface area contributed by atoms with Gasteiger partial charge in [0.05, 0.1) is 12.7 Å². The Morgan fingerprint density at radius 2 is 2.00 bits per heavy atom. The zero-order valence-electron chi connectivity index (χ0n) is 9.90. The number of carbonyl (C=O) groups excluding carboxylic acids is 1. The van der Waals surface area contributed by atoms with E-state index in [0.29, 0.717) is 5.56 Å². The van der Waals surface area contributed by atoms with Crippen molar-refractivity contribution in [2.24, 2.45) is 5.73 Å². The number of hydrogen-bond donors (Lipinski definition) is 1. The molecule has 3 nitrogen and oxygen atoms in total. The van der Waals surface area contributed by atoms with E-state index in [0.717, 1.165) is 24.8 Å². The number of benzene rings is 1. The molecule has 0 bridgehead atoms. The van der Waals surface area contributed by atoms with Crippen molar-refractivity contribution in [1.29, 1.82) is 0 Å². The van der Waals surface area contributed by atoms with E-state index >= 15 is 0 Å². The number of hydrogen-bond acceptors (Lipinski definition) is 3. The quantitative estimate of drug-likeness (QED) is 0.778. The van der Waals surface area contributed by atoms with Crippen LogP contribution in [0.2, 0.25) is 0 Å². The Bertz CT molecular complexity index is 332. The van der Waals surface area contributed by atoms with Gasteiger partial charge in [0.15, 0.2) is 0 Å². The Balaban J connectivity index is 2.67. The number of esters is 1. The third-order valence-corrected chi connectivity index (χ3v) is 2.63. The number of rotatable bonds is 5. The zero-order valence-corrected chi connectivity index (χ0v) is 9.90. The fourth-order valence-electron chi connectivity index (χ4n) is 1.57. The van der Waals surface area contributed by atoms with Crippen LogP contribution in [0.15, 0.2) is 24.3 Å². The maximum Gasteiger partial charge on any atom is 0.337 e. The van der Waals surface area contributed by atoms with Crippen molar-refractivity contribution in [3.63, 3.8) is 0 Å². The highest BCUT2D eigenvalue weighted by Gasteiger charge is 2.08. The summed E-state index contributed by atoms with van der Waals surface area (Å²) < 4.78 is 4.63. The van der Waals surface area contributed by atoms with Crippen molar-refractivity contribution >= 4 is 5.97 Å². The van der Waals surface area contributed by atoms with E-state index in [9.17, 15) is 4.79 Å². The molecule has 0 fully saturated rings. The molecule has 0 aliphatic rings. The smallest absolute Gasteiger partial charge is 0.337 e. The predicted molar refractivity (Wildman–Crippen MR) is 64.2 cm³/mol. The maximum atomic E-state index is 11.2. The summed E-state index contributed by atoms with van der Waals surface area (Å²) in [5.41, 5.74) is 7.66. The SMILES string of the molecule is CCCCC(N)c1ccc(C(=O)OC)cc1. The minimum atomic E-state index is -0.311. The molecule has 1 aromatic rings. The minimum Gasteiger partial charge on any atom is -0.465 e. The molecule has 0 aromatic heterocycles. The van der Waals surface area contributed by atoms with E-state index in [4.69, 9.17) is 5.73 Å². The van der Waals surface area contributed by atoms with E-state index in [1.807, 2.05) is 12.1 Å². The van der Waals surface area contributed by atoms with E-state index in [1.54, 1.807) is 12.1 Å². The van der Waals surface area contributed by atoms with Crippen molar-refractivity contribution in [2.45, 2.75) is 32.2 Å². The molecular formula is C13H19NO2. The zero-order chi connectivity index (χ0) is 12.0. The molecule has 2 N–H and O–H groups in total. The second-order valence-corrected chi connectivity index (χ2v) is 3.86. The van der Waals surface area contributed by atoms with Gasteiger partial charge in [-0.05, 0) is 24.1 Å². The van der Waals surface area contributed by atoms with E-state index in [2.05, 4.69) is 11.7 Å². The van der Waals surface area contributed by atoms with Gasteiger partial charge in [0.25, 0.3) is 0 Å². The van der Waals surface area contributed by atoms with Crippen molar-refractivity contribution in [1.82, 2.24) is 0 Å². The van der Waals surface area contributed by atoms with Crippen LogP contribution in [0.4, 0.5) is 0 Å². The molecule has 3 heteroatoms. The van der Waals surface area contributed by atoms with Gasteiger partial charge in [-0.25, -0.2) is 4.79 Å². The first-order valence-corrected chi connectivity index (χ1v) is 5.63. The number of carbonyl (C=O) groups is 1. The summed E-state index contributed by atoms with van der Waals surface area (Å²) in [7, 11) is 1.38. The Hall–Kier alpha value is -1.35. The van der Waals surface area contributed by atoms with Crippen LogP contribution in [0, 0.1) is 0 Å². The van der Waals surface area contributed by atoms with Crippen molar-refractivity contribution < 1.29 is 9.53 Å².